The lowest BCUT2D eigenvalue weighted by atomic mass is 10.1. The fraction of sp³-hybridized carbons (Fsp3) is 0.360. The summed E-state index contributed by atoms with van der Waals surface area (Å²) in [6.45, 7) is 9.27. The van der Waals surface area contributed by atoms with Gasteiger partial charge in [-0.2, -0.15) is 0 Å². The van der Waals surface area contributed by atoms with E-state index in [1.54, 1.807) is 18.2 Å². The van der Waals surface area contributed by atoms with E-state index in [1.165, 1.54) is 13.6 Å². The summed E-state index contributed by atoms with van der Waals surface area (Å²) in [6, 6.07) is 12.7. The van der Waals surface area contributed by atoms with Crippen LogP contribution in [0.2, 0.25) is 0 Å². The van der Waals surface area contributed by atoms with Gasteiger partial charge >= 0.3 is 5.69 Å². The number of aromatic nitrogens is 4. The van der Waals surface area contributed by atoms with E-state index >= 15 is 0 Å². The Hall–Kier alpha value is -3.68. The minimum Gasteiger partial charge on any atom is -0.352 e. The summed E-state index contributed by atoms with van der Waals surface area (Å²) in [5.74, 6) is 0.355. The number of carbonyl (C=O) groups is 1. The molecule has 0 saturated carbocycles. The molecule has 0 aliphatic carbocycles. The zero-order valence-corrected chi connectivity index (χ0v) is 19.5. The van der Waals surface area contributed by atoms with Crippen molar-refractivity contribution in [1.82, 2.24) is 24.1 Å². The quantitative estimate of drug-likeness (QED) is 0.472. The number of benzene rings is 2. The second kappa shape index (κ2) is 9.05. The highest BCUT2D eigenvalue weighted by molar-refractivity contribution is 5.98. The average molecular weight is 448 g/mol. The van der Waals surface area contributed by atoms with Crippen molar-refractivity contribution in [3.63, 3.8) is 0 Å². The fourth-order valence-electron chi connectivity index (χ4n) is 3.97. The summed E-state index contributed by atoms with van der Waals surface area (Å²) < 4.78 is 4.36. The van der Waals surface area contributed by atoms with E-state index in [-0.39, 0.29) is 22.9 Å². The Kier molecular flexibility index (Phi) is 6.18. The van der Waals surface area contributed by atoms with E-state index < -0.39 is 0 Å². The number of carbonyl (C=O) groups excluding carboxylic acids is 1. The molecule has 172 valence electrons. The van der Waals surface area contributed by atoms with Gasteiger partial charge in [-0.25, -0.2) is 13.9 Å². The van der Waals surface area contributed by atoms with Crippen molar-refractivity contribution < 1.29 is 4.79 Å². The number of rotatable bonds is 7. The molecule has 0 bridgehead atoms. The van der Waals surface area contributed by atoms with Crippen LogP contribution in [0.4, 0.5) is 0 Å². The molecule has 0 atom stereocenters. The average Bonchev–Trinajstić information content (AvgIpc) is 3.10. The molecular weight excluding hydrogens is 418 g/mol. The van der Waals surface area contributed by atoms with Gasteiger partial charge in [0, 0.05) is 18.7 Å². The van der Waals surface area contributed by atoms with Gasteiger partial charge in [0.15, 0.2) is 0 Å². The molecule has 1 N–H and O–H groups in total. The lowest BCUT2D eigenvalue weighted by Crippen LogP contribution is -2.29. The summed E-state index contributed by atoms with van der Waals surface area (Å²) >= 11 is 0. The SMILES string of the molecule is CCCn1c(=O)c2ccc(C(=O)NCC(C)C)cc2n2c(=O)n(Cc3cccc(C)c3)nc12. The minimum absolute atomic E-state index is 0.221. The van der Waals surface area contributed by atoms with E-state index in [0.717, 1.165) is 17.5 Å². The summed E-state index contributed by atoms with van der Waals surface area (Å²) in [5, 5.41) is 7.80. The number of nitrogens with zero attached hydrogens (tertiary/aromatic N) is 4. The molecule has 0 aliphatic rings. The highest BCUT2D eigenvalue weighted by Gasteiger charge is 2.19. The molecule has 4 aromatic rings. The standard InChI is InChI=1S/C25H29N5O3/c1-5-11-28-23(32)20-10-9-19(22(31)26-14-16(2)3)13-21(20)30-24(28)27-29(25(30)33)15-18-8-6-7-17(4)12-18/h6-10,12-13,16H,5,11,14-15H2,1-4H3,(H,26,31). The smallest absolute Gasteiger partial charge is 0.352 e. The fourth-order valence-corrected chi connectivity index (χ4v) is 3.97. The zero-order valence-electron chi connectivity index (χ0n) is 19.5. The van der Waals surface area contributed by atoms with Crippen LogP contribution in [-0.4, -0.2) is 31.2 Å². The van der Waals surface area contributed by atoms with Crippen molar-refractivity contribution in [3.05, 3.63) is 80.0 Å². The van der Waals surface area contributed by atoms with Crippen LogP contribution in [0, 0.1) is 12.8 Å². The molecule has 2 heterocycles. The van der Waals surface area contributed by atoms with E-state index in [9.17, 15) is 14.4 Å². The molecule has 2 aromatic carbocycles. The topological polar surface area (TPSA) is 90.4 Å². The largest absolute Gasteiger partial charge is 0.352 e. The Bertz CT molecular complexity index is 1460. The van der Waals surface area contributed by atoms with Crippen molar-refractivity contribution >= 4 is 22.6 Å². The number of hydrogen-bond acceptors (Lipinski definition) is 4. The zero-order chi connectivity index (χ0) is 23.7. The number of aryl methyl sites for hydroxylation is 2. The van der Waals surface area contributed by atoms with Crippen LogP contribution in [0.15, 0.2) is 52.1 Å². The van der Waals surface area contributed by atoms with E-state index in [2.05, 4.69) is 10.4 Å². The van der Waals surface area contributed by atoms with E-state index in [4.69, 9.17) is 0 Å². The molecule has 1 amide bonds. The van der Waals surface area contributed by atoms with Crippen LogP contribution in [0.5, 0.6) is 0 Å². The van der Waals surface area contributed by atoms with Crippen LogP contribution in [0.3, 0.4) is 0 Å². The Morgan fingerprint density at radius 1 is 1.12 bits per heavy atom. The minimum atomic E-state index is -0.346. The lowest BCUT2D eigenvalue weighted by molar-refractivity contribution is 0.0949. The van der Waals surface area contributed by atoms with Gasteiger partial charge in [0.05, 0.1) is 17.4 Å². The van der Waals surface area contributed by atoms with Gasteiger partial charge in [0.1, 0.15) is 0 Å². The van der Waals surface area contributed by atoms with Crippen molar-refractivity contribution in [2.45, 2.75) is 47.2 Å². The van der Waals surface area contributed by atoms with Gasteiger partial charge in [-0.05, 0) is 43.0 Å². The maximum absolute atomic E-state index is 13.4. The molecule has 0 unspecified atom stereocenters. The third-order valence-electron chi connectivity index (χ3n) is 5.57. The monoisotopic (exact) mass is 447 g/mol. The maximum Gasteiger partial charge on any atom is 0.352 e. The second-order valence-electron chi connectivity index (χ2n) is 8.86. The van der Waals surface area contributed by atoms with Crippen LogP contribution in [0.25, 0.3) is 16.7 Å². The van der Waals surface area contributed by atoms with Gasteiger partial charge in [-0.15, -0.1) is 5.10 Å². The predicted molar refractivity (Wildman–Crippen MR) is 129 cm³/mol. The van der Waals surface area contributed by atoms with Gasteiger partial charge in [0.2, 0.25) is 5.78 Å². The molecule has 33 heavy (non-hydrogen) atoms. The summed E-state index contributed by atoms with van der Waals surface area (Å²) in [5.41, 5.74) is 2.26. The van der Waals surface area contributed by atoms with Gasteiger partial charge in [0.25, 0.3) is 11.5 Å². The first-order valence-corrected chi connectivity index (χ1v) is 11.3. The van der Waals surface area contributed by atoms with Crippen molar-refractivity contribution in [3.8, 4) is 0 Å². The molecule has 0 aliphatic heterocycles. The van der Waals surface area contributed by atoms with Gasteiger partial charge in [-0.3, -0.25) is 14.2 Å². The highest BCUT2D eigenvalue weighted by Crippen LogP contribution is 2.15. The number of hydrogen-bond donors (Lipinski definition) is 1. The third-order valence-corrected chi connectivity index (χ3v) is 5.57. The maximum atomic E-state index is 13.4. The Morgan fingerprint density at radius 3 is 2.61 bits per heavy atom. The van der Waals surface area contributed by atoms with Crippen molar-refractivity contribution in [1.29, 1.82) is 0 Å². The van der Waals surface area contributed by atoms with Crippen LogP contribution in [-0.2, 0) is 13.1 Å². The van der Waals surface area contributed by atoms with Gasteiger partial charge in [-0.1, -0.05) is 50.6 Å². The second-order valence-corrected chi connectivity index (χ2v) is 8.86. The van der Waals surface area contributed by atoms with E-state index in [1.807, 2.05) is 52.0 Å². The molecule has 0 fully saturated rings. The molecule has 0 spiro atoms. The van der Waals surface area contributed by atoms with Gasteiger partial charge < -0.3 is 5.32 Å². The predicted octanol–water partition coefficient (Wildman–Crippen LogP) is 2.96. The first kappa shape index (κ1) is 22.5. The first-order chi connectivity index (χ1) is 15.8. The van der Waals surface area contributed by atoms with Crippen LogP contribution in [0.1, 0.15) is 48.7 Å². The Balaban J connectivity index is 1.92. The molecule has 0 radical (unpaired) electrons. The summed E-state index contributed by atoms with van der Waals surface area (Å²) in [7, 11) is 0. The normalized spacial score (nSPS) is 11.5. The number of amides is 1. The third kappa shape index (κ3) is 4.33. The summed E-state index contributed by atoms with van der Waals surface area (Å²) in [6.07, 6.45) is 0.718. The Morgan fingerprint density at radius 2 is 1.91 bits per heavy atom. The molecule has 0 saturated heterocycles. The summed E-state index contributed by atoms with van der Waals surface area (Å²) in [4.78, 5) is 39.3. The number of nitrogens with one attached hydrogen (secondary N) is 1. The van der Waals surface area contributed by atoms with Crippen molar-refractivity contribution in [2.75, 3.05) is 6.54 Å². The molecular formula is C25H29N5O3. The van der Waals surface area contributed by atoms with Crippen LogP contribution < -0.4 is 16.6 Å². The lowest BCUT2D eigenvalue weighted by Gasteiger charge is -2.11. The molecule has 8 nitrogen and oxygen atoms in total. The molecule has 8 heteroatoms. The molecule has 4 rings (SSSR count). The number of fused-ring (bicyclic) bond motifs is 3. The Labute approximate surface area is 191 Å². The highest BCUT2D eigenvalue weighted by atomic mass is 16.2. The van der Waals surface area contributed by atoms with Crippen LogP contribution >= 0.6 is 0 Å². The van der Waals surface area contributed by atoms with E-state index in [0.29, 0.717) is 42.0 Å². The van der Waals surface area contributed by atoms with Crippen molar-refractivity contribution in [2.24, 2.45) is 5.92 Å². The molecule has 2 aromatic heterocycles. The first-order valence-electron chi connectivity index (χ1n) is 11.3.